The first-order chi connectivity index (χ1) is 57.1. The van der Waals surface area contributed by atoms with Crippen molar-refractivity contribution in [1.82, 2.24) is 74.1 Å². The second-order valence-corrected chi connectivity index (χ2v) is 33.3. The Hall–Kier alpha value is -12.4. The van der Waals surface area contributed by atoms with Crippen LogP contribution in [0.2, 0.25) is 0 Å². The molecule has 0 radical (unpaired) electrons. The maximum atomic E-state index is 15.5. The number of fused-ring (bicyclic) bond motifs is 2. The van der Waals surface area contributed by atoms with Crippen molar-refractivity contribution < 1.29 is 96.1 Å². The lowest BCUT2D eigenvalue weighted by atomic mass is 9.97. The number of amides is 18. The summed E-state index contributed by atoms with van der Waals surface area (Å²) < 4.78 is 2.81. The molecule has 0 aliphatic carbocycles. The highest BCUT2D eigenvalue weighted by atomic mass is 32.1. The Kier molecular flexibility index (Phi) is 38.1. The summed E-state index contributed by atoms with van der Waals surface area (Å²) in [6.07, 6.45) is -4.82. The first kappa shape index (κ1) is 100. The molecule has 4 aromatic carbocycles. The topological polar surface area (TPSA) is 665 Å². The van der Waals surface area contributed by atoms with Crippen LogP contribution in [0.15, 0.2) is 97.2 Å². The smallest absolute Gasteiger partial charge is 0.245 e. The zero-order chi connectivity index (χ0) is 91.3. The van der Waals surface area contributed by atoms with E-state index in [0.29, 0.717) is 38.7 Å². The minimum absolute atomic E-state index is 0.120. The number of aliphatic hydroxyl groups is 1. The van der Waals surface area contributed by atoms with Gasteiger partial charge in [-0.3, -0.25) is 86.3 Å². The summed E-state index contributed by atoms with van der Waals surface area (Å²) in [5.41, 5.74) is 32.7. The lowest BCUT2D eigenvalue weighted by Crippen LogP contribution is -2.64. The lowest BCUT2D eigenvalue weighted by Gasteiger charge is -2.33. The maximum Gasteiger partial charge on any atom is 0.245 e. The first-order valence-corrected chi connectivity index (χ1v) is 39.8. The van der Waals surface area contributed by atoms with E-state index < -0.39 is 220 Å². The van der Waals surface area contributed by atoms with E-state index in [9.17, 15) is 67.4 Å². The number of aromatic amines is 1. The highest BCUT2D eigenvalue weighted by molar-refractivity contribution is 7.82. The van der Waals surface area contributed by atoms with Crippen molar-refractivity contribution in [3.8, 4) is 5.75 Å². The zero-order valence-corrected chi connectivity index (χ0v) is 70.9. The third-order valence-electron chi connectivity index (χ3n) is 19.0. The van der Waals surface area contributed by atoms with Gasteiger partial charge >= 0.3 is 0 Å². The number of ether oxygens (including phenoxy) is 1. The number of aliphatic hydroxyl groups excluding tert-OH is 1. The Morgan fingerprint density at radius 3 is 1.48 bits per heavy atom. The summed E-state index contributed by atoms with van der Waals surface area (Å²) in [6.45, 7) is 12.2. The SMILES string of the molecule is CC(=O)NCCCC[C@H](NC(=O)C(C)(C)NC(=O)[C@H](Cc1ccc2ccccc2c1)NC(=O)[C@H](Cc1ccc(OCCN)cc1)NC(=O)[C@@H](NC(=O)[C@H](CCC(N)=O)NC(=O)[C@H](Cc1c[nH]c2ccccc12)NC(=O)[C@@H](NC(=O)[C@H](CC(N)=O)NC(=O)[C@@H](NC(C)=O)C(C)(C)S)[C@@H](C)O)C(C)(C)S)C(=O)N[C@@H](CC(N)=O)C(=O)N[C@@H](CC(N)=O)C(N)=O. The minimum atomic E-state index is -2.03. The van der Waals surface area contributed by atoms with Crippen molar-refractivity contribution in [2.75, 3.05) is 19.7 Å². The van der Waals surface area contributed by atoms with Crippen LogP contribution in [0.4, 0.5) is 0 Å². The van der Waals surface area contributed by atoms with Gasteiger partial charge in [0.1, 0.15) is 84.4 Å². The van der Waals surface area contributed by atoms with Gasteiger partial charge in [0.15, 0.2) is 0 Å². The van der Waals surface area contributed by atoms with Gasteiger partial charge in [-0.05, 0) is 120 Å². The van der Waals surface area contributed by atoms with Crippen molar-refractivity contribution in [1.29, 1.82) is 0 Å². The largest absolute Gasteiger partial charge is 0.492 e. The number of carbonyl (C=O) groups excluding carboxylic acids is 18. The van der Waals surface area contributed by atoms with Gasteiger partial charge in [-0.25, -0.2) is 0 Å². The van der Waals surface area contributed by atoms with Gasteiger partial charge in [0.2, 0.25) is 106 Å². The molecule has 0 saturated carbocycles. The van der Waals surface area contributed by atoms with E-state index in [4.69, 9.17) is 51.8 Å². The molecule has 1 aromatic heterocycles. The highest BCUT2D eigenvalue weighted by Crippen LogP contribution is 2.25. The molecule has 0 unspecified atom stereocenters. The summed E-state index contributed by atoms with van der Waals surface area (Å²) in [7, 11) is 0. The van der Waals surface area contributed by atoms with Crippen LogP contribution in [-0.2, 0) is 106 Å². The first-order valence-electron chi connectivity index (χ1n) is 38.9. The van der Waals surface area contributed by atoms with E-state index in [1.165, 1.54) is 54.7 Å². The Morgan fingerprint density at radius 1 is 0.459 bits per heavy atom. The molecule has 40 nitrogen and oxygen atoms in total. The molecule has 0 bridgehead atoms. The number of unbranched alkanes of at least 4 members (excludes halogenated alkanes) is 1. The summed E-state index contributed by atoms with van der Waals surface area (Å²) in [6, 6.07) is 6.39. The predicted octanol–water partition coefficient (Wildman–Crippen LogP) is -4.58. The molecule has 27 N–H and O–H groups in total. The molecule has 12 atom stereocenters. The van der Waals surface area contributed by atoms with Crippen molar-refractivity contribution in [3.05, 3.63) is 114 Å². The zero-order valence-electron chi connectivity index (χ0n) is 69.1. The van der Waals surface area contributed by atoms with E-state index >= 15 is 24.0 Å². The number of thiol groups is 2. The van der Waals surface area contributed by atoms with Gasteiger partial charge in [-0.2, -0.15) is 25.3 Å². The molecule has 0 aliphatic rings. The van der Waals surface area contributed by atoms with Crippen molar-refractivity contribution >= 4 is 153 Å². The van der Waals surface area contributed by atoms with Crippen LogP contribution < -0.4 is 108 Å². The van der Waals surface area contributed by atoms with E-state index in [1.54, 1.807) is 84.9 Å². The van der Waals surface area contributed by atoms with Gasteiger partial charge in [0, 0.05) is 79.2 Å². The van der Waals surface area contributed by atoms with Gasteiger partial charge in [0.05, 0.1) is 25.4 Å². The quantitative estimate of drug-likeness (QED) is 0.0129. The lowest BCUT2D eigenvalue weighted by molar-refractivity contribution is -0.138. The summed E-state index contributed by atoms with van der Waals surface area (Å²) in [4.78, 5) is 249. The number of nitrogens with two attached hydrogens (primary N) is 6. The van der Waals surface area contributed by atoms with Crippen LogP contribution in [0.25, 0.3) is 21.7 Å². The fraction of sp³-hybridized carbons (Fsp3) is 0.475. The molecule has 18 amide bonds. The van der Waals surface area contributed by atoms with Gasteiger partial charge in [-0.1, -0.05) is 72.8 Å². The summed E-state index contributed by atoms with van der Waals surface area (Å²) in [5.74, 6) is -18.3. The molecule has 0 spiro atoms. The normalized spacial score (nSPS) is 14.4. The standard InChI is InChI=1S/C80H112N20O20S2/c1-40(101)63(98-72(114)58(38-62(85)107)96-75(117)64(79(6,7)121)89-42(3)103)74(116)94-56(35-47-39-88-50-19-13-12-18-49(47)50)70(112)90-52(27-28-59(82)104)68(110)99-65(80(8,9)122)76(118)95-54(33-43-22-25-48(26-23-43)120-31-29-81)69(111)92-55(34-44-21-24-45-16-10-11-17-46(45)32-44)73(115)100-78(4,5)77(119)97-51(20-14-15-30-87-41(2)102)67(109)93-57(37-61(84)106)71(113)91-53(66(86)108)36-60(83)105/h10-13,16-19,21-26,32,39-40,51-58,63-65,88,101,121-122H,14-15,20,27-31,33-38,81H2,1-9H3,(H2,82,104)(H2,83,105)(H2,84,106)(H2,85,107)(H2,86,108)(H,87,102)(H,89,103)(H,90,112)(H,91,113)(H,92,111)(H,93,109)(H,94,116)(H,95,118)(H,96,117)(H,97,119)(H,98,114)(H,99,110)(H,100,115)/t40-,51+,52+,53+,54+,55+,56+,57+,58+,63+,64-,65-/m1/s1. The highest BCUT2D eigenvalue weighted by Gasteiger charge is 2.43. The number of benzene rings is 4. The number of rotatable bonds is 50. The van der Waals surface area contributed by atoms with Crippen LogP contribution in [0, 0.1) is 0 Å². The fourth-order valence-electron chi connectivity index (χ4n) is 12.6. The van der Waals surface area contributed by atoms with Gasteiger partial charge in [0.25, 0.3) is 0 Å². The van der Waals surface area contributed by atoms with Crippen LogP contribution in [-0.4, -0.2) is 224 Å². The number of H-pyrrole nitrogens is 1. The molecule has 42 heteroatoms. The molecule has 664 valence electrons. The molecular weight excluding hydrogens is 1630 g/mol. The number of aromatic nitrogens is 1. The van der Waals surface area contributed by atoms with Crippen molar-refractivity contribution in [2.45, 2.75) is 221 Å². The van der Waals surface area contributed by atoms with Crippen LogP contribution in [0.3, 0.4) is 0 Å². The summed E-state index contributed by atoms with van der Waals surface area (Å²) >= 11 is 9.13. The minimum Gasteiger partial charge on any atom is -0.492 e. The fourth-order valence-corrected chi connectivity index (χ4v) is 12.9. The molecule has 1 heterocycles. The third kappa shape index (κ3) is 32.6. The Bertz CT molecular complexity index is 4650. The number of carbonyl (C=O) groups is 18. The van der Waals surface area contributed by atoms with Crippen molar-refractivity contribution in [2.24, 2.45) is 34.4 Å². The van der Waals surface area contributed by atoms with E-state index in [0.717, 1.165) is 19.2 Å². The number of primary amides is 5. The Labute approximate surface area is 714 Å². The van der Waals surface area contributed by atoms with Gasteiger partial charge in [-0.15, -0.1) is 0 Å². The molecule has 0 saturated heterocycles. The average Bonchev–Trinajstić information content (AvgIpc) is 1.53. The van der Waals surface area contributed by atoms with Crippen LogP contribution in [0.1, 0.15) is 130 Å². The molecule has 0 aliphatic heterocycles. The molecule has 0 fully saturated rings. The summed E-state index contributed by atoms with van der Waals surface area (Å²) in [5, 5.41) is 45.6. The number of nitrogens with one attached hydrogen (secondary N) is 14. The molecule has 5 aromatic rings. The number of para-hydroxylation sites is 1. The number of hydrogen-bond acceptors (Lipinski definition) is 23. The molecular formula is C80H112N20O20S2. The van der Waals surface area contributed by atoms with Gasteiger partial charge < -0.3 is 118 Å². The van der Waals surface area contributed by atoms with Crippen LogP contribution in [0.5, 0.6) is 5.75 Å². The number of hydrogen-bond donors (Lipinski definition) is 23. The maximum absolute atomic E-state index is 15.5. The van der Waals surface area contributed by atoms with E-state index in [2.05, 4.69) is 86.7 Å². The van der Waals surface area contributed by atoms with E-state index in [1.807, 2.05) is 6.07 Å². The second kappa shape index (κ2) is 46.4. The predicted molar refractivity (Wildman–Crippen MR) is 453 cm³/mol. The Morgan fingerprint density at radius 2 is 0.918 bits per heavy atom. The molecule has 122 heavy (non-hydrogen) atoms. The van der Waals surface area contributed by atoms with Crippen molar-refractivity contribution in [3.63, 3.8) is 0 Å². The third-order valence-corrected chi connectivity index (χ3v) is 19.5. The molecule has 5 rings (SSSR count). The Balaban J connectivity index is 1.54. The van der Waals surface area contributed by atoms with E-state index in [-0.39, 0.29) is 64.1 Å². The second-order valence-electron chi connectivity index (χ2n) is 31.0. The average molecular weight is 1740 g/mol. The van der Waals surface area contributed by atoms with Crippen LogP contribution >= 0.6 is 25.3 Å². The monoisotopic (exact) mass is 1740 g/mol.